The van der Waals surface area contributed by atoms with Gasteiger partial charge in [0, 0.05) is 6.07 Å². The first-order valence-corrected chi connectivity index (χ1v) is 4.19. The first-order valence-electron chi connectivity index (χ1n) is 3.81. The fourth-order valence-corrected chi connectivity index (χ4v) is 1.28. The summed E-state index contributed by atoms with van der Waals surface area (Å²) in [7, 11) is 2.89. The number of hydrogen-bond acceptors (Lipinski definition) is 3. The minimum atomic E-state index is -0.586. The molecular weight excluding hydrogens is 206 g/mol. The molecule has 1 rings (SSSR count). The van der Waals surface area contributed by atoms with Gasteiger partial charge in [0.15, 0.2) is 0 Å². The predicted molar refractivity (Wildman–Crippen MR) is 53.1 cm³/mol. The minimum absolute atomic E-state index is 0.244. The number of rotatable bonds is 3. The van der Waals surface area contributed by atoms with Crippen LogP contribution in [-0.4, -0.2) is 20.1 Å². The topological polar surface area (TPSA) is 61.5 Å². The number of nitrogens with two attached hydrogens (primary N) is 1. The van der Waals surface area contributed by atoms with Gasteiger partial charge in [0.05, 0.1) is 24.8 Å². The molecule has 0 fully saturated rings. The lowest BCUT2D eigenvalue weighted by atomic mass is 10.2. The van der Waals surface area contributed by atoms with Crippen molar-refractivity contribution < 1.29 is 14.3 Å². The number of methoxy groups -OCH3 is 2. The molecule has 0 aliphatic rings. The summed E-state index contributed by atoms with van der Waals surface area (Å²) < 4.78 is 9.89. The summed E-state index contributed by atoms with van der Waals surface area (Å²) >= 11 is 5.83. The maximum absolute atomic E-state index is 11.0. The second kappa shape index (κ2) is 4.19. The zero-order valence-electron chi connectivity index (χ0n) is 7.83. The third-order valence-corrected chi connectivity index (χ3v) is 2.03. The number of carbonyl (C=O) groups excluding carboxylic acids is 1. The van der Waals surface area contributed by atoms with Gasteiger partial charge < -0.3 is 15.2 Å². The van der Waals surface area contributed by atoms with Crippen LogP contribution in [0.3, 0.4) is 0 Å². The number of benzene rings is 1. The van der Waals surface area contributed by atoms with E-state index >= 15 is 0 Å². The van der Waals surface area contributed by atoms with Crippen LogP contribution in [0.2, 0.25) is 5.02 Å². The highest BCUT2D eigenvalue weighted by molar-refractivity contribution is 6.32. The van der Waals surface area contributed by atoms with E-state index in [0.717, 1.165) is 0 Å². The smallest absolute Gasteiger partial charge is 0.252 e. The predicted octanol–water partition coefficient (Wildman–Crippen LogP) is 1.46. The maximum atomic E-state index is 11.0. The van der Waals surface area contributed by atoms with Crippen molar-refractivity contribution in [2.45, 2.75) is 0 Å². The third-order valence-electron chi connectivity index (χ3n) is 1.74. The molecule has 14 heavy (non-hydrogen) atoms. The van der Waals surface area contributed by atoms with E-state index in [0.29, 0.717) is 16.5 Å². The van der Waals surface area contributed by atoms with E-state index < -0.39 is 5.91 Å². The number of primary amides is 1. The molecule has 5 heteroatoms. The Morgan fingerprint density at radius 1 is 1.29 bits per heavy atom. The normalized spacial score (nSPS) is 9.64. The van der Waals surface area contributed by atoms with Crippen LogP contribution in [0.1, 0.15) is 10.4 Å². The van der Waals surface area contributed by atoms with Crippen LogP contribution in [0.15, 0.2) is 12.1 Å². The number of carbonyl (C=O) groups is 1. The van der Waals surface area contributed by atoms with Gasteiger partial charge in [0.1, 0.15) is 11.5 Å². The summed E-state index contributed by atoms with van der Waals surface area (Å²) in [5.41, 5.74) is 5.39. The van der Waals surface area contributed by atoms with Crippen molar-refractivity contribution in [1.82, 2.24) is 0 Å². The average Bonchev–Trinajstić information content (AvgIpc) is 2.16. The van der Waals surface area contributed by atoms with Crippen molar-refractivity contribution in [2.75, 3.05) is 14.2 Å². The quantitative estimate of drug-likeness (QED) is 0.830. The zero-order valence-corrected chi connectivity index (χ0v) is 8.59. The summed E-state index contributed by atoms with van der Waals surface area (Å²) in [5, 5.41) is 0.370. The van der Waals surface area contributed by atoms with Crippen LogP contribution >= 0.6 is 11.6 Å². The zero-order chi connectivity index (χ0) is 10.7. The lowest BCUT2D eigenvalue weighted by molar-refractivity contribution is 0.0997. The van der Waals surface area contributed by atoms with E-state index in [4.69, 9.17) is 26.8 Å². The van der Waals surface area contributed by atoms with Gasteiger partial charge >= 0.3 is 0 Å². The fourth-order valence-electron chi connectivity index (χ4n) is 1.05. The van der Waals surface area contributed by atoms with Gasteiger partial charge in [-0.15, -0.1) is 0 Å². The van der Waals surface area contributed by atoms with Gasteiger partial charge in [-0.3, -0.25) is 4.79 Å². The van der Waals surface area contributed by atoms with E-state index in [1.165, 1.54) is 26.4 Å². The Morgan fingerprint density at radius 3 is 2.29 bits per heavy atom. The SMILES string of the molecule is COc1cc(C(N)=O)c(OC)cc1Cl. The summed E-state index contributed by atoms with van der Waals surface area (Å²) in [6.45, 7) is 0. The summed E-state index contributed by atoms with van der Waals surface area (Å²) in [5.74, 6) is 0.140. The average molecular weight is 216 g/mol. The first kappa shape index (κ1) is 10.7. The highest BCUT2D eigenvalue weighted by Crippen LogP contribution is 2.31. The molecule has 4 nitrogen and oxygen atoms in total. The molecule has 0 saturated heterocycles. The molecule has 0 unspecified atom stereocenters. The van der Waals surface area contributed by atoms with Crippen LogP contribution in [0.4, 0.5) is 0 Å². The lowest BCUT2D eigenvalue weighted by Crippen LogP contribution is -2.12. The maximum Gasteiger partial charge on any atom is 0.252 e. The summed E-state index contributed by atoms with van der Waals surface area (Å²) in [6, 6.07) is 2.93. The van der Waals surface area contributed by atoms with Gasteiger partial charge in [-0.05, 0) is 6.07 Å². The van der Waals surface area contributed by atoms with Crippen molar-refractivity contribution in [3.8, 4) is 11.5 Å². The highest BCUT2D eigenvalue weighted by Gasteiger charge is 2.13. The summed E-state index contributed by atoms with van der Waals surface area (Å²) in [6.07, 6.45) is 0. The summed E-state index contributed by atoms with van der Waals surface area (Å²) in [4.78, 5) is 11.0. The molecule has 0 aromatic heterocycles. The van der Waals surface area contributed by atoms with Crippen molar-refractivity contribution in [3.63, 3.8) is 0 Å². The number of amides is 1. The molecule has 0 aliphatic carbocycles. The molecule has 0 spiro atoms. The van der Waals surface area contributed by atoms with Gasteiger partial charge in [-0.1, -0.05) is 11.6 Å². The number of halogens is 1. The van der Waals surface area contributed by atoms with Gasteiger partial charge in [-0.25, -0.2) is 0 Å². The molecule has 1 aromatic rings. The second-order valence-corrected chi connectivity index (χ2v) is 2.96. The minimum Gasteiger partial charge on any atom is -0.496 e. The second-order valence-electron chi connectivity index (χ2n) is 2.55. The molecular formula is C9H10ClNO3. The molecule has 1 amide bonds. The van der Waals surface area contributed by atoms with Crippen molar-refractivity contribution in [2.24, 2.45) is 5.73 Å². The molecule has 0 bridgehead atoms. The number of hydrogen-bond donors (Lipinski definition) is 1. The van der Waals surface area contributed by atoms with Crippen LogP contribution in [0.5, 0.6) is 11.5 Å². The van der Waals surface area contributed by atoms with E-state index in [-0.39, 0.29) is 5.56 Å². The third kappa shape index (κ3) is 1.90. The fraction of sp³-hybridized carbons (Fsp3) is 0.222. The lowest BCUT2D eigenvalue weighted by Gasteiger charge is -2.09. The standard InChI is InChI=1S/C9H10ClNO3/c1-13-7-4-6(10)8(14-2)3-5(7)9(11)12/h3-4H,1-2H3,(H2,11,12). The molecule has 0 atom stereocenters. The van der Waals surface area contributed by atoms with E-state index in [1.54, 1.807) is 0 Å². The molecule has 0 saturated carbocycles. The van der Waals surface area contributed by atoms with Crippen molar-refractivity contribution in [3.05, 3.63) is 22.7 Å². The molecule has 2 N–H and O–H groups in total. The monoisotopic (exact) mass is 215 g/mol. The largest absolute Gasteiger partial charge is 0.496 e. The number of ether oxygens (including phenoxy) is 2. The Kier molecular flexibility index (Phi) is 3.19. The van der Waals surface area contributed by atoms with Crippen LogP contribution in [0.25, 0.3) is 0 Å². The van der Waals surface area contributed by atoms with Crippen LogP contribution in [-0.2, 0) is 0 Å². The molecule has 0 heterocycles. The molecule has 1 aromatic carbocycles. The van der Waals surface area contributed by atoms with Crippen molar-refractivity contribution >= 4 is 17.5 Å². The Bertz CT molecular complexity index is 365. The van der Waals surface area contributed by atoms with Crippen LogP contribution in [0, 0.1) is 0 Å². The van der Waals surface area contributed by atoms with Crippen LogP contribution < -0.4 is 15.2 Å². The Hall–Kier alpha value is -1.42. The Balaban J connectivity index is 3.32. The van der Waals surface area contributed by atoms with E-state index in [2.05, 4.69) is 0 Å². The molecule has 0 radical (unpaired) electrons. The van der Waals surface area contributed by atoms with E-state index in [9.17, 15) is 4.79 Å². The Labute approximate surface area is 86.6 Å². The Morgan fingerprint density at radius 2 is 1.86 bits per heavy atom. The van der Waals surface area contributed by atoms with E-state index in [1.807, 2.05) is 0 Å². The van der Waals surface area contributed by atoms with Gasteiger partial charge in [0.2, 0.25) is 0 Å². The highest BCUT2D eigenvalue weighted by atomic mass is 35.5. The van der Waals surface area contributed by atoms with Gasteiger partial charge in [-0.2, -0.15) is 0 Å². The first-order chi connectivity index (χ1) is 6.60. The van der Waals surface area contributed by atoms with Gasteiger partial charge in [0.25, 0.3) is 5.91 Å². The molecule has 76 valence electrons. The van der Waals surface area contributed by atoms with Crippen molar-refractivity contribution in [1.29, 1.82) is 0 Å². The molecule has 0 aliphatic heterocycles.